The van der Waals surface area contributed by atoms with E-state index in [1.54, 1.807) is 29.3 Å². The summed E-state index contributed by atoms with van der Waals surface area (Å²) in [5, 5.41) is 12.7. The maximum absolute atomic E-state index is 12.9. The lowest BCUT2D eigenvalue weighted by Gasteiger charge is -2.27. The minimum Gasteiger partial charge on any atom is -0.507 e. The minimum atomic E-state index is -0.713. The van der Waals surface area contributed by atoms with E-state index >= 15 is 0 Å². The Morgan fingerprint density at radius 3 is 2.42 bits per heavy atom. The largest absolute Gasteiger partial charge is 0.507 e. The third-order valence-electron chi connectivity index (χ3n) is 5.29. The van der Waals surface area contributed by atoms with Gasteiger partial charge in [0.1, 0.15) is 11.4 Å². The van der Waals surface area contributed by atoms with Crippen LogP contribution in [0, 0.1) is 0 Å². The highest BCUT2D eigenvalue weighted by Gasteiger charge is 2.30. The number of methoxy groups -OCH3 is 2. The van der Waals surface area contributed by atoms with Crippen molar-refractivity contribution in [2.24, 2.45) is 0 Å². The molecule has 6 nitrogen and oxygen atoms in total. The molecule has 0 spiro atoms. The topological polar surface area (TPSA) is 76.1 Å². The third-order valence-corrected chi connectivity index (χ3v) is 5.93. The molecule has 0 saturated heterocycles. The molecule has 7 heteroatoms. The number of aromatic hydroxyl groups is 1. The fourth-order valence-electron chi connectivity index (χ4n) is 3.84. The summed E-state index contributed by atoms with van der Waals surface area (Å²) in [5.41, 5.74) is 1.82. The Bertz CT molecular complexity index is 1360. The number of allylic oxidation sites excluding steroid dienone is 2. The van der Waals surface area contributed by atoms with E-state index in [2.05, 4.69) is 15.9 Å². The molecule has 0 atom stereocenters. The first-order valence-electron chi connectivity index (χ1n) is 10.0. The summed E-state index contributed by atoms with van der Waals surface area (Å²) in [4.78, 5) is 27.0. The number of carbonyl (C=O) groups excluding carboxylic acids is 2. The van der Waals surface area contributed by atoms with Crippen LogP contribution in [0.5, 0.6) is 5.75 Å². The van der Waals surface area contributed by atoms with Gasteiger partial charge in [0.2, 0.25) is 0 Å². The van der Waals surface area contributed by atoms with Gasteiger partial charge in [0.15, 0.2) is 0 Å². The molecular weight excluding hydrogens is 486 g/mol. The van der Waals surface area contributed by atoms with Gasteiger partial charge in [0.05, 0.1) is 25.5 Å². The summed E-state index contributed by atoms with van der Waals surface area (Å²) in [7, 11) is 2.50. The Kier molecular flexibility index (Phi) is 6.33. The summed E-state index contributed by atoms with van der Waals surface area (Å²) < 4.78 is 10.6. The summed E-state index contributed by atoms with van der Waals surface area (Å²) in [6, 6.07) is 16.7. The summed E-state index contributed by atoms with van der Waals surface area (Å²) in [6.07, 6.45) is 6.50. The van der Waals surface area contributed by atoms with Crippen molar-refractivity contribution in [2.75, 3.05) is 19.1 Å². The number of para-hydroxylation sites is 1. The van der Waals surface area contributed by atoms with Gasteiger partial charge in [-0.05, 0) is 51.0 Å². The number of anilines is 1. The van der Waals surface area contributed by atoms with E-state index in [1.807, 2.05) is 48.5 Å². The standard InChI is InChI=1S/C26H20BrNO5/c1-32-25(30)19-10-5-6-15-28(24(19)26(31)33-2)23-18(11-7-12-20(23)27)22-17-9-4-3-8-16(17)13-14-21(22)29/h3-15,29H,1-2H3. The van der Waals surface area contributed by atoms with Crippen molar-refractivity contribution in [3.8, 4) is 16.9 Å². The van der Waals surface area contributed by atoms with E-state index in [4.69, 9.17) is 9.47 Å². The lowest BCUT2D eigenvalue weighted by atomic mass is 9.95. The van der Waals surface area contributed by atoms with Crippen molar-refractivity contribution >= 4 is 44.3 Å². The monoisotopic (exact) mass is 505 g/mol. The Hall–Kier alpha value is -3.84. The molecule has 0 bridgehead atoms. The van der Waals surface area contributed by atoms with Gasteiger partial charge in [-0.2, -0.15) is 0 Å². The number of esters is 2. The molecule has 0 fully saturated rings. The fourth-order valence-corrected chi connectivity index (χ4v) is 4.40. The van der Waals surface area contributed by atoms with E-state index in [0.29, 0.717) is 21.3 Å². The van der Waals surface area contributed by atoms with Crippen molar-refractivity contribution < 1.29 is 24.2 Å². The average molecular weight is 506 g/mol. The summed E-state index contributed by atoms with van der Waals surface area (Å²) in [6.45, 7) is 0. The van der Waals surface area contributed by atoms with Crippen LogP contribution in [-0.4, -0.2) is 31.3 Å². The number of fused-ring (bicyclic) bond motifs is 1. The average Bonchev–Trinajstić information content (AvgIpc) is 3.05. The molecule has 0 aromatic heterocycles. The van der Waals surface area contributed by atoms with Gasteiger partial charge < -0.3 is 19.5 Å². The lowest BCUT2D eigenvalue weighted by molar-refractivity contribution is -0.139. The number of hydrogen-bond donors (Lipinski definition) is 1. The van der Waals surface area contributed by atoms with Crippen LogP contribution in [0.3, 0.4) is 0 Å². The molecule has 0 radical (unpaired) electrons. The summed E-state index contributed by atoms with van der Waals surface area (Å²) >= 11 is 3.60. The number of hydrogen-bond acceptors (Lipinski definition) is 6. The van der Waals surface area contributed by atoms with Gasteiger partial charge in [-0.1, -0.05) is 48.5 Å². The molecule has 0 aliphatic carbocycles. The van der Waals surface area contributed by atoms with E-state index < -0.39 is 11.9 Å². The van der Waals surface area contributed by atoms with Crippen molar-refractivity contribution in [3.63, 3.8) is 0 Å². The summed E-state index contributed by atoms with van der Waals surface area (Å²) in [5.74, 6) is -1.31. The Morgan fingerprint density at radius 1 is 0.909 bits per heavy atom. The second-order valence-corrected chi connectivity index (χ2v) is 7.99. The normalized spacial score (nSPS) is 13.2. The zero-order valence-corrected chi connectivity index (χ0v) is 19.5. The van der Waals surface area contributed by atoms with Gasteiger partial charge in [-0.25, -0.2) is 9.59 Å². The maximum atomic E-state index is 12.9. The van der Waals surface area contributed by atoms with Gasteiger partial charge in [-0.3, -0.25) is 0 Å². The molecule has 0 amide bonds. The highest BCUT2D eigenvalue weighted by Crippen LogP contribution is 2.45. The number of benzene rings is 3. The van der Waals surface area contributed by atoms with Gasteiger partial charge in [0.25, 0.3) is 0 Å². The molecule has 166 valence electrons. The first-order valence-corrected chi connectivity index (χ1v) is 10.8. The van der Waals surface area contributed by atoms with Crippen LogP contribution in [0.4, 0.5) is 5.69 Å². The third kappa shape index (κ3) is 4.03. The van der Waals surface area contributed by atoms with Crippen LogP contribution in [0.15, 0.2) is 94.8 Å². The molecule has 1 heterocycles. The van der Waals surface area contributed by atoms with Gasteiger partial charge in [0, 0.05) is 21.8 Å². The van der Waals surface area contributed by atoms with Crippen molar-refractivity contribution in [1.82, 2.24) is 0 Å². The zero-order valence-electron chi connectivity index (χ0n) is 17.9. The Labute approximate surface area is 199 Å². The van der Waals surface area contributed by atoms with Crippen LogP contribution in [0.2, 0.25) is 0 Å². The van der Waals surface area contributed by atoms with Crippen LogP contribution in [0.1, 0.15) is 0 Å². The molecule has 3 aromatic carbocycles. The second kappa shape index (κ2) is 9.34. The fraction of sp³-hybridized carbons (Fsp3) is 0.0769. The molecule has 1 aliphatic heterocycles. The number of phenolic OH excluding ortho intramolecular Hbond substituents is 1. The minimum absolute atomic E-state index is 0.0118. The molecule has 3 aromatic rings. The first-order chi connectivity index (χ1) is 16.0. The number of nitrogens with zero attached hydrogens (tertiary/aromatic N) is 1. The highest BCUT2D eigenvalue weighted by molar-refractivity contribution is 9.10. The molecule has 33 heavy (non-hydrogen) atoms. The predicted octanol–water partition coefficient (Wildman–Crippen LogP) is 5.46. The molecule has 0 saturated carbocycles. The van der Waals surface area contributed by atoms with Crippen LogP contribution in [0.25, 0.3) is 21.9 Å². The van der Waals surface area contributed by atoms with E-state index in [9.17, 15) is 14.7 Å². The second-order valence-electron chi connectivity index (χ2n) is 7.13. The van der Waals surface area contributed by atoms with E-state index in [-0.39, 0.29) is 17.0 Å². The molecular formula is C26H20BrNO5. The first kappa shape index (κ1) is 22.4. The smallest absolute Gasteiger partial charge is 0.355 e. The number of rotatable bonds is 4. The Morgan fingerprint density at radius 2 is 1.67 bits per heavy atom. The molecule has 1 aliphatic rings. The van der Waals surface area contributed by atoms with Gasteiger partial charge in [-0.15, -0.1) is 0 Å². The predicted molar refractivity (Wildman–Crippen MR) is 131 cm³/mol. The van der Waals surface area contributed by atoms with Crippen molar-refractivity contribution in [1.29, 1.82) is 0 Å². The number of halogens is 1. The van der Waals surface area contributed by atoms with E-state index in [0.717, 1.165) is 10.8 Å². The zero-order chi connectivity index (χ0) is 23.5. The highest BCUT2D eigenvalue weighted by atomic mass is 79.9. The number of carbonyl (C=O) groups is 2. The van der Waals surface area contributed by atoms with Crippen LogP contribution < -0.4 is 4.90 Å². The Balaban J connectivity index is 2.07. The number of ether oxygens (including phenoxy) is 2. The maximum Gasteiger partial charge on any atom is 0.355 e. The quantitative estimate of drug-likeness (QED) is 0.474. The molecule has 1 N–H and O–H groups in total. The van der Waals surface area contributed by atoms with Crippen molar-refractivity contribution in [3.05, 3.63) is 94.8 Å². The molecule has 4 rings (SSSR count). The van der Waals surface area contributed by atoms with Crippen molar-refractivity contribution in [2.45, 2.75) is 0 Å². The SMILES string of the molecule is COC(=O)C1=C(C(=O)OC)N(c2c(Br)cccc2-c2c(O)ccc3ccccc23)C=CC=C1. The molecule has 0 unspecified atom stereocenters. The van der Waals surface area contributed by atoms with Gasteiger partial charge >= 0.3 is 11.9 Å². The lowest BCUT2D eigenvalue weighted by Crippen LogP contribution is -2.27. The van der Waals surface area contributed by atoms with E-state index in [1.165, 1.54) is 20.3 Å². The van der Waals surface area contributed by atoms with Crippen LogP contribution >= 0.6 is 15.9 Å². The van der Waals surface area contributed by atoms with Crippen LogP contribution in [-0.2, 0) is 19.1 Å². The number of phenols is 1.